The largest absolute Gasteiger partial charge is 0.870 e. The maximum Gasteiger partial charge on any atom is 0.476 e. The van der Waals surface area contributed by atoms with Gasteiger partial charge in [0, 0.05) is 13.0 Å². The first-order valence-electron chi connectivity index (χ1n) is 9.55. The van der Waals surface area contributed by atoms with Crippen molar-refractivity contribution >= 4 is 22.0 Å². The van der Waals surface area contributed by atoms with Crippen LogP contribution in [0, 0.1) is 0 Å². The summed E-state index contributed by atoms with van der Waals surface area (Å²) >= 11 is 0. The summed E-state index contributed by atoms with van der Waals surface area (Å²) in [6.45, 7) is 2.80. The SMILES string of the molecule is CCCCCCc1nc(NCCCc2ccccc2)cc(N)[n+]1OS(=O)(=O)O.[OH-]. The number of unbranched alkanes of at least 4 members (excludes halogenated alkanes) is 3. The van der Waals surface area contributed by atoms with Crippen molar-refractivity contribution < 1.29 is 27.5 Å². The molecular weight excluding hydrogens is 396 g/mol. The van der Waals surface area contributed by atoms with Gasteiger partial charge in [0.1, 0.15) is 0 Å². The molecule has 0 saturated heterocycles. The van der Waals surface area contributed by atoms with Crippen LogP contribution < -0.4 is 20.1 Å². The molecule has 9 nitrogen and oxygen atoms in total. The van der Waals surface area contributed by atoms with Gasteiger partial charge in [0.2, 0.25) is 5.82 Å². The second-order valence-corrected chi connectivity index (χ2v) is 7.61. The Hall–Kier alpha value is -2.43. The van der Waals surface area contributed by atoms with Gasteiger partial charge in [-0.25, -0.2) is 4.28 Å². The maximum atomic E-state index is 11.1. The number of benzene rings is 1. The number of rotatable bonds is 12. The zero-order chi connectivity index (χ0) is 20.4. The molecule has 5 N–H and O–H groups in total. The number of hydrogen-bond donors (Lipinski definition) is 3. The van der Waals surface area contributed by atoms with E-state index in [1.165, 1.54) is 11.6 Å². The highest BCUT2D eigenvalue weighted by Gasteiger charge is 2.22. The molecule has 1 aromatic carbocycles. The predicted octanol–water partition coefficient (Wildman–Crippen LogP) is 2.17. The molecule has 2 aromatic rings. The number of hydrogen-bond acceptors (Lipinski definition) is 7. The van der Waals surface area contributed by atoms with Gasteiger partial charge >= 0.3 is 10.4 Å². The van der Waals surface area contributed by atoms with Crippen LogP contribution in [0.4, 0.5) is 11.6 Å². The van der Waals surface area contributed by atoms with Crippen LogP contribution in [-0.2, 0) is 23.2 Å². The molecule has 0 fully saturated rings. The van der Waals surface area contributed by atoms with E-state index in [4.69, 9.17) is 10.3 Å². The van der Waals surface area contributed by atoms with Gasteiger partial charge in [-0.05, 0) is 29.6 Å². The Labute approximate surface area is 172 Å². The zero-order valence-corrected chi connectivity index (χ0v) is 17.4. The Kier molecular flexibility index (Phi) is 10.4. The highest BCUT2D eigenvalue weighted by atomic mass is 32.3. The Morgan fingerprint density at radius 1 is 1.14 bits per heavy atom. The van der Waals surface area contributed by atoms with Crippen molar-refractivity contribution in [1.82, 2.24) is 4.98 Å². The van der Waals surface area contributed by atoms with Crippen LogP contribution in [0.3, 0.4) is 0 Å². The van der Waals surface area contributed by atoms with Gasteiger partial charge in [-0.2, -0.15) is 8.42 Å². The third kappa shape index (κ3) is 9.07. The lowest BCUT2D eigenvalue weighted by Crippen LogP contribution is -2.51. The summed E-state index contributed by atoms with van der Waals surface area (Å²) < 4.78 is 36.7. The molecule has 162 valence electrons. The Morgan fingerprint density at radius 3 is 2.52 bits per heavy atom. The van der Waals surface area contributed by atoms with Crippen molar-refractivity contribution in [2.24, 2.45) is 0 Å². The van der Waals surface area contributed by atoms with Gasteiger partial charge in [0.25, 0.3) is 11.6 Å². The van der Waals surface area contributed by atoms with E-state index >= 15 is 0 Å². The smallest absolute Gasteiger partial charge is 0.476 e. The molecule has 0 atom stereocenters. The molecule has 0 radical (unpaired) electrons. The van der Waals surface area contributed by atoms with Crippen molar-refractivity contribution in [3.05, 3.63) is 47.8 Å². The summed E-state index contributed by atoms with van der Waals surface area (Å²) in [5.41, 5.74) is 7.20. The minimum atomic E-state index is -4.70. The molecule has 0 spiro atoms. The molecule has 0 unspecified atom stereocenters. The van der Waals surface area contributed by atoms with Crippen molar-refractivity contribution in [1.29, 1.82) is 0 Å². The molecule has 0 aliphatic carbocycles. The van der Waals surface area contributed by atoms with E-state index in [1.807, 2.05) is 18.2 Å². The normalized spacial score (nSPS) is 11.0. The molecule has 1 heterocycles. The van der Waals surface area contributed by atoms with Crippen LogP contribution in [0.5, 0.6) is 0 Å². The fourth-order valence-corrected chi connectivity index (χ4v) is 3.22. The Morgan fingerprint density at radius 2 is 1.86 bits per heavy atom. The van der Waals surface area contributed by atoms with Crippen LogP contribution in [0.15, 0.2) is 36.4 Å². The van der Waals surface area contributed by atoms with Gasteiger partial charge in [-0.15, -0.1) is 0 Å². The van der Waals surface area contributed by atoms with E-state index in [0.717, 1.165) is 43.3 Å². The van der Waals surface area contributed by atoms with E-state index in [9.17, 15) is 8.42 Å². The van der Waals surface area contributed by atoms with Crippen molar-refractivity contribution in [2.45, 2.75) is 51.9 Å². The number of nitrogens with two attached hydrogens (primary N) is 1. The lowest BCUT2D eigenvalue weighted by atomic mass is 10.1. The molecule has 0 amide bonds. The summed E-state index contributed by atoms with van der Waals surface area (Å²) in [4.78, 5) is 4.43. The first-order chi connectivity index (χ1) is 13.4. The lowest BCUT2D eigenvalue weighted by Gasteiger charge is -2.09. The number of aryl methyl sites for hydroxylation is 2. The monoisotopic (exact) mass is 426 g/mol. The standard InChI is InChI=1S/C19H28N4O4S.H2O/c1-2-3-4-8-13-19-22-18(15-17(20)23(19)27-28(24,25)26)21-14-9-12-16-10-6-5-7-11-16;/h5-7,10-11,15H,2-4,8-9,12-14H2,1H3,(H3,20,21,24,25,26);1H2. The fraction of sp³-hybridized carbons (Fsp3) is 0.474. The third-order valence-electron chi connectivity index (χ3n) is 4.22. The summed E-state index contributed by atoms with van der Waals surface area (Å²) in [5.74, 6) is 0.939. The maximum absolute atomic E-state index is 11.1. The molecule has 29 heavy (non-hydrogen) atoms. The van der Waals surface area contributed by atoms with E-state index in [2.05, 4.69) is 33.6 Å². The van der Waals surface area contributed by atoms with E-state index in [-0.39, 0.29) is 11.3 Å². The van der Waals surface area contributed by atoms with E-state index in [1.54, 1.807) is 0 Å². The zero-order valence-electron chi connectivity index (χ0n) is 16.6. The van der Waals surface area contributed by atoms with Crippen LogP contribution in [0.2, 0.25) is 0 Å². The topological polar surface area (TPSA) is 148 Å². The third-order valence-corrected chi connectivity index (χ3v) is 4.55. The molecule has 10 heteroatoms. The van der Waals surface area contributed by atoms with Crippen molar-refractivity contribution in [2.75, 3.05) is 17.6 Å². The minimum Gasteiger partial charge on any atom is -0.870 e. The van der Waals surface area contributed by atoms with Gasteiger partial charge in [0.15, 0.2) is 0 Å². The summed E-state index contributed by atoms with van der Waals surface area (Å²) in [5, 5.41) is 3.22. The summed E-state index contributed by atoms with van der Waals surface area (Å²) in [7, 11) is -4.70. The highest BCUT2D eigenvalue weighted by molar-refractivity contribution is 7.80. The second kappa shape index (κ2) is 12.2. The fourth-order valence-electron chi connectivity index (χ4n) is 2.86. The molecule has 0 saturated carbocycles. The minimum absolute atomic E-state index is 0. The number of nitrogens with one attached hydrogen (secondary N) is 1. The number of aromatic nitrogens is 2. The Bertz CT molecular complexity index is 847. The van der Waals surface area contributed by atoms with Crippen molar-refractivity contribution in [3.63, 3.8) is 0 Å². The van der Waals surface area contributed by atoms with Crippen LogP contribution in [-0.4, -0.2) is 30.0 Å². The number of nitrogens with zero attached hydrogens (tertiary/aromatic N) is 2. The number of anilines is 2. The first kappa shape index (κ1) is 24.6. The lowest BCUT2D eigenvalue weighted by molar-refractivity contribution is -0.853. The van der Waals surface area contributed by atoms with Crippen molar-refractivity contribution in [3.8, 4) is 0 Å². The summed E-state index contributed by atoms with van der Waals surface area (Å²) in [6.07, 6.45) is 6.29. The van der Waals surface area contributed by atoms with Gasteiger partial charge in [0.05, 0.1) is 6.07 Å². The molecule has 0 aliphatic heterocycles. The number of nitrogen functional groups attached to an aromatic ring is 1. The van der Waals surface area contributed by atoms with E-state index < -0.39 is 10.4 Å². The molecular formula is C19H30N4O5S. The molecule has 2 rings (SSSR count). The van der Waals surface area contributed by atoms with E-state index in [0.29, 0.717) is 24.6 Å². The average molecular weight is 427 g/mol. The first-order valence-corrected chi connectivity index (χ1v) is 10.9. The predicted molar refractivity (Wildman–Crippen MR) is 110 cm³/mol. The van der Waals surface area contributed by atoms with Crippen LogP contribution in [0.1, 0.15) is 50.4 Å². The quantitative estimate of drug-likeness (QED) is 0.266. The van der Waals surface area contributed by atoms with Gasteiger partial charge < -0.3 is 16.5 Å². The molecule has 0 bridgehead atoms. The highest BCUT2D eigenvalue weighted by Crippen LogP contribution is 2.11. The second-order valence-electron chi connectivity index (χ2n) is 6.61. The van der Waals surface area contributed by atoms with Crippen LogP contribution in [0.25, 0.3) is 0 Å². The molecule has 1 aromatic heterocycles. The van der Waals surface area contributed by atoms with Crippen LogP contribution >= 0.6 is 0 Å². The van der Waals surface area contributed by atoms with Gasteiger partial charge in [-0.3, -0.25) is 4.55 Å². The summed E-state index contributed by atoms with van der Waals surface area (Å²) in [6, 6.07) is 11.7. The average Bonchev–Trinajstić information content (AvgIpc) is 2.65. The van der Waals surface area contributed by atoms with Gasteiger partial charge in [-0.1, -0.05) is 61.5 Å². The Balaban J connectivity index is 0.00000420. The molecule has 0 aliphatic rings.